The van der Waals surface area contributed by atoms with Crippen LogP contribution in [0, 0.1) is 5.41 Å². The van der Waals surface area contributed by atoms with Crippen molar-refractivity contribution in [2.45, 2.75) is 51.9 Å². The molecular weight excluding hydrogens is 464 g/mol. The normalized spacial score (nSPS) is 16.2. The van der Waals surface area contributed by atoms with Crippen LogP contribution >= 0.6 is 0 Å². The maximum absolute atomic E-state index is 13.7. The highest BCUT2D eigenvalue weighted by atomic mass is 19.4. The molecule has 0 bridgehead atoms. The SMILES string of the molecule is CC(C)(C)CC(=O)N1CC(OC(c2ccc(OC(F)(F)F)cc2)c2ccccc2C(F)(F)F)C1. The average molecular weight is 489 g/mol. The summed E-state index contributed by atoms with van der Waals surface area (Å²) in [6.45, 7) is 6.21. The number of alkyl halides is 6. The minimum absolute atomic E-state index is 0.0757. The quantitative estimate of drug-likeness (QED) is 0.444. The molecule has 0 radical (unpaired) electrons. The fourth-order valence-electron chi connectivity index (χ4n) is 3.65. The second-order valence-corrected chi connectivity index (χ2v) is 9.38. The molecule has 3 rings (SSSR count). The van der Waals surface area contributed by atoms with Gasteiger partial charge in [-0.1, -0.05) is 51.1 Å². The topological polar surface area (TPSA) is 38.8 Å². The summed E-state index contributed by atoms with van der Waals surface area (Å²) in [6, 6.07) is 9.40. The van der Waals surface area contributed by atoms with Gasteiger partial charge in [0.15, 0.2) is 0 Å². The lowest BCUT2D eigenvalue weighted by Gasteiger charge is -2.42. The third-order valence-electron chi connectivity index (χ3n) is 5.18. The van der Waals surface area contributed by atoms with Crippen LogP contribution in [0.2, 0.25) is 0 Å². The predicted octanol–water partition coefficient (Wildman–Crippen LogP) is 6.36. The lowest BCUT2D eigenvalue weighted by molar-refractivity contribution is -0.274. The van der Waals surface area contributed by atoms with Gasteiger partial charge in [0.05, 0.1) is 11.7 Å². The van der Waals surface area contributed by atoms with E-state index in [2.05, 4.69) is 4.74 Å². The maximum atomic E-state index is 13.7. The number of ether oxygens (including phenoxy) is 2. The molecule has 186 valence electrons. The van der Waals surface area contributed by atoms with E-state index in [-0.39, 0.29) is 35.5 Å². The van der Waals surface area contributed by atoms with E-state index in [9.17, 15) is 31.1 Å². The summed E-state index contributed by atoms with van der Waals surface area (Å²) in [4.78, 5) is 13.9. The molecule has 0 aromatic heterocycles. The van der Waals surface area contributed by atoms with Crippen LogP contribution in [-0.2, 0) is 15.7 Å². The molecule has 2 aromatic carbocycles. The largest absolute Gasteiger partial charge is 0.573 e. The molecule has 0 spiro atoms. The van der Waals surface area contributed by atoms with Gasteiger partial charge in [-0.3, -0.25) is 4.79 Å². The number of carbonyl (C=O) groups excluding carboxylic acids is 1. The van der Waals surface area contributed by atoms with E-state index in [4.69, 9.17) is 4.74 Å². The molecular formula is C24H25F6NO3. The molecule has 1 aliphatic rings. The molecule has 2 aromatic rings. The van der Waals surface area contributed by atoms with Gasteiger partial charge in [-0.15, -0.1) is 13.2 Å². The van der Waals surface area contributed by atoms with Gasteiger partial charge in [-0.2, -0.15) is 13.2 Å². The van der Waals surface area contributed by atoms with E-state index in [0.29, 0.717) is 6.42 Å². The maximum Gasteiger partial charge on any atom is 0.573 e. The smallest absolute Gasteiger partial charge is 0.406 e. The second-order valence-electron chi connectivity index (χ2n) is 9.38. The van der Waals surface area contributed by atoms with Gasteiger partial charge in [-0.25, -0.2) is 0 Å². The predicted molar refractivity (Wildman–Crippen MR) is 112 cm³/mol. The van der Waals surface area contributed by atoms with Crippen molar-refractivity contribution in [1.82, 2.24) is 4.90 Å². The first-order valence-corrected chi connectivity index (χ1v) is 10.6. The van der Waals surface area contributed by atoms with Crippen LogP contribution < -0.4 is 4.74 Å². The van der Waals surface area contributed by atoms with Crippen LogP contribution in [0.5, 0.6) is 5.75 Å². The van der Waals surface area contributed by atoms with Crippen LogP contribution in [0.15, 0.2) is 48.5 Å². The summed E-state index contributed by atoms with van der Waals surface area (Å²) in [5.74, 6) is -0.574. The number of hydrogen-bond acceptors (Lipinski definition) is 3. The summed E-state index contributed by atoms with van der Waals surface area (Å²) in [6.07, 6.45) is -11.0. The Bertz CT molecular complexity index is 989. The van der Waals surface area contributed by atoms with Crippen LogP contribution in [0.1, 0.15) is 50.0 Å². The number of benzene rings is 2. The lowest BCUT2D eigenvalue weighted by Crippen LogP contribution is -2.55. The molecule has 1 fully saturated rings. The third kappa shape index (κ3) is 6.88. The number of amides is 1. The van der Waals surface area contributed by atoms with E-state index in [1.807, 2.05) is 20.8 Å². The Morgan fingerprint density at radius 2 is 1.56 bits per heavy atom. The number of hydrogen-bond donors (Lipinski definition) is 0. The van der Waals surface area contributed by atoms with E-state index >= 15 is 0 Å². The molecule has 1 saturated heterocycles. The molecule has 1 aliphatic heterocycles. The first kappa shape index (κ1) is 25.9. The van der Waals surface area contributed by atoms with E-state index in [0.717, 1.165) is 18.2 Å². The van der Waals surface area contributed by atoms with E-state index < -0.39 is 36.1 Å². The fourth-order valence-corrected chi connectivity index (χ4v) is 3.65. The molecule has 1 amide bonds. The fraction of sp³-hybridized carbons (Fsp3) is 0.458. The first-order valence-electron chi connectivity index (χ1n) is 10.6. The average Bonchev–Trinajstić information content (AvgIpc) is 2.65. The van der Waals surface area contributed by atoms with Gasteiger partial charge in [0.1, 0.15) is 11.9 Å². The molecule has 0 saturated carbocycles. The standard InChI is InChI=1S/C24H25F6NO3/c1-22(2,3)12-20(32)31-13-17(14-31)33-21(18-6-4-5-7-19(18)23(25,26)27)15-8-10-16(11-9-15)34-24(28,29)30/h4-11,17,21H,12-14H2,1-3H3. The molecule has 10 heteroatoms. The first-order chi connectivity index (χ1) is 15.6. The van der Waals surface area contributed by atoms with Crippen molar-refractivity contribution in [3.05, 3.63) is 65.2 Å². The minimum atomic E-state index is -4.89. The summed E-state index contributed by atoms with van der Waals surface area (Å²) in [5.41, 5.74) is -1.06. The summed E-state index contributed by atoms with van der Waals surface area (Å²) < 4.78 is 88.3. The zero-order valence-electron chi connectivity index (χ0n) is 18.8. The lowest BCUT2D eigenvalue weighted by atomic mass is 9.91. The molecule has 1 atom stereocenters. The molecule has 4 nitrogen and oxygen atoms in total. The van der Waals surface area contributed by atoms with Crippen molar-refractivity contribution in [1.29, 1.82) is 0 Å². The summed E-state index contributed by atoms with van der Waals surface area (Å²) in [7, 11) is 0. The van der Waals surface area contributed by atoms with Gasteiger partial charge in [-0.05, 0) is 34.7 Å². The second kappa shape index (κ2) is 9.48. The highest BCUT2D eigenvalue weighted by molar-refractivity contribution is 5.77. The molecule has 1 heterocycles. The van der Waals surface area contributed by atoms with Crippen LogP contribution in [0.25, 0.3) is 0 Å². The monoisotopic (exact) mass is 489 g/mol. The summed E-state index contributed by atoms with van der Waals surface area (Å²) in [5, 5.41) is 0. The van der Waals surface area contributed by atoms with Crippen molar-refractivity contribution in [2.24, 2.45) is 5.41 Å². The number of carbonyl (C=O) groups is 1. The molecule has 0 N–H and O–H groups in total. The number of rotatable bonds is 6. The number of halogens is 6. The van der Waals surface area contributed by atoms with E-state index in [1.165, 1.54) is 30.3 Å². The van der Waals surface area contributed by atoms with Gasteiger partial charge < -0.3 is 14.4 Å². The van der Waals surface area contributed by atoms with Crippen LogP contribution in [-0.4, -0.2) is 36.4 Å². The highest BCUT2D eigenvalue weighted by Crippen LogP contribution is 2.40. The van der Waals surface area contributed by atoms with E-state index in [1.54, 1.807) is 4.90 Å². The Kier molecular flexibility index (Phi) is 7.21. The molecule has 34 heavy (non-hydrogen) atoms. The van der Waals surface area contributed by atoms with Gasteiger partial charge in [0.2, 0.25) is 5.91 Å². The Labute approximate surface area is 193 Å². The Hall–Kier alpha value is -2.75. The van der Waals surface area contributed by atoms with Crippen LogP contribution in [0.4, 0.5) is 26.3 Å². The Morgan fingerprint density at radius 3 is 2.09 bits per heavy atom. The van der Waals surface area contributed by atoms with Crippen molar-refractivity contribution in [3.63, 3.8) is 0 Å². The van der Waals surface area contributed by atoms with Gasteiger partial charge >= 0.3 is 12.5 Å². The molecule has 0 aliphatic carbocycles. The Balaban J connectivity index is 1.84. The van der Waals surface area contributed by atoms with Crippen molar-refractivity contribution < 1.29 is 40.6 Å². The number of likely N-dealkylation sites (tertiary alicyclic amines) is 1. The van der Waals surface area contributed by atoms with Crippen LogP contribution in [0.3, 0.4) is 0 Å². The third-order valence-corrected chi connectivity index (χ3v) is 5.18. The van der Waals surface area contributed by atoms with Gasteiger partial charge in [0, 0.05) is 19.5 Å². The van der Waals surface area contributed by atoms with Crippen molar-refractivity contribution >= 4 is 5.91 Å². The zero-order valence-corrected chi connectivity index (χ0v) is 18.8. The van der Waals surface area contributed by atoms with Crippen molar-refractivity contribution in [3.8, 4) is 5.75 Å². The highest BCUT2D eigenvalue weighted by Gasteiger charge is 2.39. The number of nitrogens with zero attached hydrogens (tertiary/aromatic N) is 1. The summed E-state index contributed by atoms with van der Waals surface area (Å²) >= 11 is 0. The van der Waals surface area contributed by atoms with Crippen molar-refractivity contribution in [2.75, 3.05) is 13.1 Å². The zero-order chi connectivity index (χ0) is 25.3. The Morgan fingerprint density at radius 1 is 0.971 bits per heavy atom. The van der Waals surface area contributed by atoms with Gasteiger partial charge in [0.25, 0.3) is 0 Å². The minimum Gasteiger partial charge on any atom is -0.406 e. The molecule has 1 unspecified atom stereocenters.